The normalized spacial score (nSPS) is 13.5. The van der Waals surface area contributed by atoms with Crippen molar-refractivity contribution in [3.05, 3.63) is 22.4 Å². The van der Waals surface area contributed by atoms with Gasteiger partial charge in [0.15, 0.2) is 0 Å². The van der Waals surface area contributed by atoms with Gasteiger partial charge in [-0.3, -0.25) is 4.79 Å². The molecule has 0 bridgehead atoms. The Morgan fingerprint density at radius 1 is 1.45 bits per heavy atom. The number of hydrogen-bond acceptors (Lipinski definition) is 4. The Bertz CT molecular complexity index is 391. The molecule has 1 amide bonds. The minimum absolute atomic E-state index is 0.0760. The number of carbonyl (C=O) groups is 1. The molecule has 1 aromatic heterocycles. The Hall–Kier alpha value is -0.910. The van der Waals surface area contributed by atoms with Gasteiger partial charge in [0.1, 0.15) is 0 Å². The van der Waals surface area contributed by atoms with Gasteiger partial charge in [0.05, 0.1) is 11.5 Å². The monoisotopic (exact) mass is 297 g/mol. The van der Waals surface area contributed by atoms with E-state index in [2.05, 4.69) is 27.0 Å². The van der Waals surface area contributed by atoms with Crippen molar-refractivity contribution in [2.24, 2.45) is 11.1 Å². The topological polar surface area (TPSA) is 58.4 Å². The van der Waals surface area contributed by atoms with Crippen LogP contribution in [0.25, 0.3) is 0 Å². The molecule has 0 fully saturated rings. The fourth-order valence-corrected chi connectivity index (χ4v) is 3.10. The average molecular weight is 297 g/mol. The number of hydrogen-bond donors (Lipinski definition) is 2. The number of nitrogens with one attached hydrogen (secondary N) is 1. The average Bonchev–Trinajstić information content (AvgIpc) is 2.95. The van der Waals surface area contributed by atoms with Crippen molar-refractivity contribution in [3.8, 4) is 0 Å². The fraction of sp³-hybridized carbons (Fsp3) is 0.667. The summed E-state index contributed by atoms with van der Waals surface area (Å²) < 4.78 is 0. The molecule has 1 unspecified atom stereocenters. The maximum absolute atomic E-state index is 12.4. The van der Waals surface area contributed by atoms with Crippen LogP contribution in [0.15, 0.2) is 16.8 Å². The molecule has 5 heteroatoms. The standard InChI is InChI=1S/C15H27N3OS/c1-5-15(6-2,11-16)14(19)17-9-13(18(3)4)12-7-8-20-10-12/h7-8,10,13H,5-6,9,11,16H2,1-4H3,(H,17,19). The second-order valence-electron chi connectivity index (χ2n) is 5.44. The van der Waals surface area contributed by atoms with Gasteiger partial charge in [-0.05, 0) is 49.3 Å². The van der Waals surface area contributed by atoms with Gasteiger partial charge in [-0.1, -0.05) is 13.8 Å². The van der Waals surface area contributed by atoms with Crippen LogP contribution in [0.2, 0.25) is 0 Å². The zero-order valence-corrected chi connectivity index (χ0v) is 13.8. The van der Waals surface area contributed by atoms with E-state index in [1.165, 1.54) is 5.56 Å². The highest BCUT2D eigenvalue weighted by atomic mass is 32.1. The highest BCUT2D eigenvalue weighted by molar-refractivity contribution is 7.07. The zero-order valence-electron chi connectivity index (χ0n) is 13.0. The van der Waals surface area contributed by atoms with E-state index in [-0.39, 0.29) is 11.9 Å². The molecule has 0 radical (unpaired) electrons. The summed E-state index contributed by atoms with van der Waals surface area (Å²) in [6, 6.07) is 2.31. The van der Waals surface area contributed by atoms with Crippen molar-refractivity contribution in [3.63, 3.8) is 0 Å². The van der Waals surface area contributed by atoms with E-state index in [1.54, 1.807) is 11.3 Å². The van der Waals surface area contributed by atoms with E-state index < -0.39 is 5.41 Å². The lowest BCUT2D eigenvalue weighted by Crippen LogP contribution is -2.47. The summed E-state index contributed by atoms with van der Waals surface area (Å²) in [4.78, 5) is 14.6. The molecule has 20 heavy (non-hydrogen) atoms. The van der Waals surface area contributed by atoms with E-state index in [0.717, 1.165) is 12.8 Å². The van der Waals surface area contributed by atoms with Crippen LogP contribution in [-0.2, 0) is 4.79 Å². The number of amides is 1. The predicted molar refractivity (Wildman–Crippen MR) is 85.8 cm³/mol. The third-order valence-corrected chi connectivity index (χ3v) is 4.93. The second-order valence-corrected chi connectivity index (χ2v) is 6.22. The molecular weight excluding hydrogens is 270 g/mol. The van der Waals surface area contributed by atoms with Gasteiger partial charge in [0.2, 0.25) is 5.91 Å². The lowest BCUT2D eigenvalue weighted by molar-refractivity contribution is -0.131. The van der Waals surface area contributed by atoms with Crippen LogP contribution in [0.4, 0.5) is 0 Å². The molecular formula is C15H27N3OS. The molecule has 0 saturated heterocycles. The van der Waals surface area contributed by atoms with Gasteiger partial charge in [0.25, 0.3) is 0 Å². The van der Waals surface area contributed by atoms with E-state index in [9.17, 15) is 4.79 Å². The lowest BCUT2D eigenvalue weighted by atomic mass is 9.81. The molecule has 1 aromatic rings. The molecule has 0 saturated carbocycles. The second kappa shape index (κ2) is 7.76. The molecule has 0 aliphatic heterocycles. The zero-order chi connectivity index (χ0) is 15.2. The van der Waals surface area contributed by atoms with Gasteiger partial charge < -0.3 is 16.0 Å². The Morgan fingerprint density at radius 2 is 2.10 bits per heavy atom. The SMILES string of the molecule is CCC(CC)(CN)C(=O)NCC(c1ccsc1)N(C)C. The lowest BCUT2D eigenvalue weighted by Gasteiger charge is -2.31. The number of thiophene rings is 1. The number of likely N-dealkylation sites (N-methyl/N-ethyl adjacent to an activating group) is 1. The number of nitrogens with zero attached hydrogens (tertiary/aromatic N) is 1. The van der Waals surface area contributed by atoms with Crippen LogP contribution >= 0.6 is 11.3 Å². The van der Waals surface area contributed by atoms with E-state index >= 15 is 0 Å². The third kappa shape index (κ3) is 3.81. The van der Waals surface area contributed by atoms with Gasteiger partial charge in [0, 0.05) is 13.1 Å². The van der Waals surface area contributed by atoms with Crippen LogP contribution < -0.4 is 11.1 Å². The first-order valence-corrected chi connectivity index (χ1v) is 8.12. The first-order chi connectivity index (χ1) is 9.50. The molecule has 0 aromatic carbocycles. The van der Waals surface area contributed by atoms with Crippen LogP contribution in [0, 0.1) is 5.41 Å². The summed E-state index contributed by atoms with van der Waals surface area (Å²) in [7, 11) is 4.06. The number of nitrogens with two attached hydrogens (primary N) is 1. The van der Waals surface area contributed by atoms with Crippen LogP contribution in [0.5, 0.6) is 0 Å². The Morgan fingerprint density at radius 3 is 2.50 bits per heavy atom. The van der Waals surface area contributed by atoms with Gasteiger partial charge in [-0.2, -0.15) is 11.3 Å². The van der Waals surface area contributed by atoms with E-state index in [4.69, 9.17) is 5.73 Å². The summed E-state index contributed by atoms with van der Waals surface area (Å²) in [6.07, 6.45) is 1.55. The van der Waals surface area contributed by atoms with Gasteiger partial charge in [-0.25, -0.2) is 0 Å². The minimum Gasteiger partial charge on any atom is -0.354 e. The summed E-state index contributed by atoms with van der Waals surface area (Å²) in [5, 5.41) is 7.29. The highest BCUT2D eigenvalue weighted by Gasteiger charge is 2.33. The molecule has 4 nitrogen and oxygen atoms in total. The first-order valence-electron chi connectivity index (χ1n) is 7.17. The predicted octanol–water partition coefficient (Wildman–Crippen LogP) is 2.23. The van der Waals surface area contributed by atoms with Crippen molar-refractivity contribution in [2.45, 2.75) is 32.7 Å². The molecule has 114 valence electrons. The molecule has 1 atom stereocenters. The van der Waals surface area contributed by atoms with Crippen LogP contribution in [-0.4, -0.2) is 38.0 Å². The fourth-order valence-electron chi connectivity index (χ4n) is 2.39. The number of rotatable bonds is 8. The summed E-state index contributed by atoms with van der Waals surface area (Å²) >= 11 is 1.68. The molecule has 0 aliphatic carbocycles. The quantitative estimate of drug-likeness (QED) is 0.773. The Kier molecular flexibility index (Phi) is 6.65. The Labute approximate surface area is 126 Å². The molecule has 0 aliphatic rings. The van der Waals surface area contributed by atoms with Crippen molar-refractivity contribution in [1.82, 2.24) is 10.2 Å². The van der Waals surface area contributed by atoms with Crippen molar-refractivity contribution < 1.29 is 4.79 Å². The maximum Gasteiger partial charge on any atom is 0.227 e. The number of carbonyl (C=O) groups excluding carboxylic acids is 1. The van der Waals surface area contributed by atoms with E-state index in [1.807, 2.05) is 27.9 Å². The maximum atomic E-state index is 12.4. The van der Waals surface area contributed by atoms with Gasteiger partial charge >= 0.3 is 0 Å². The van der Waals surface area contributed by atoms with Crippen molar-refractivity contribution in [2.75, 3.05) is 27.2 Å². The highest BCUT2D eigenvalue weighted by Crippen LogP contribution is 2.26. The van der Waals surface area contributed by atoms with Crippen molar-refractivity contribution in [1.29, 1.82) is 0 Å². The Balaban J connectivity index is 2.71. The molecule has 3 N–H and O–H groups in total. The first kappa shape index (κ1) is 17.1. The van der Waals surface area contributed by atoms with Gasteiger partial charge in [-0.15, -0.1) is 0 Å². The largest absolute Gasteiger partial charge is 0.354 e. The smallest absolute Gasteiger partial charge is 0.227 e. The van der Waals surface area contributed by atoms with Crippen LogP contribution in [0.3, 0.4) is 0 Å². The molecule has 0 spiro atoms. The third-order valence-electron chi connectivity index (χ3n) is 4.23. The summed E-state index contributed by atoms with van der Waals surface area (Å²) in [6.45, 7) is 5.07. The summed E-state index contributed by atoms with van der Waals surface area (Å²) in [5.74, 6) is 0.0760. The molecule has 1 heterocycles. The summed E-state index contributed by atoms with van der Waals surface area (Å²) in [5.41, 5.74) is 6.64. The minimum atomic E-state index is -0.425. The molecule has 1 rings (SSSR count). The van der Waals surface area contributed by atoms with Crippen molar-refractivity contribution >= 4 is 17.2 Å². The van der Waals surface area contributed by atoms with Crippen LogP contribution in [0.1, 0.15) is 38.3 Å². The van der Waals surface area contributed by atoms with E-state index in [0.29, 0.717) is 13.1 Å².